The van der Waals surface area contributed by atoms with Gasteiger partial charge < -0.3 is 10.2 Å². The Morgan fingerprint density at radius 3 is 2.63 bits per heavy atom. The highest BCUT2D eigenvalue weighted by Gasteiger charge is 2.33. The lowest BCUT2D eigenvalue weighted by atomic mass is 9.93. The molecule has 2 atom stereocenters. The number of amides is 2. The molecule has 2 amide bonds. The number of nitrogens with one attached hydrogen (secondary N) is 1. The number of halogens is 1. The molecule has 0 spiro atoms. The molecule has 1 aromatic heterocycles. The van der Waals surface area contributed by atoms with E-state index >= 15 is 0 Å². The fourth-order valence-corrected chi connectivity index (χ4v) is 4.54. The van der Waals surface area contributed by atoms with Gasteiger partial charge in [0.2, 0.25) is 0 Å². The third kappa shape index (κ3) is 3.60. The lowest BCUT2D eigenvalue weighted by molar-refractivity contribution is 0.177. The van der Waals surface area contributed by atoms with E-state index in [1.54, 1.807) is 23.5 Å². The second-order valence-corrected chi connectivity index (χ2v) is 7.78. The Labute approximate surface area is 162 Å². The molecule has 1 N–H and O–H groups in total. The normalized spacial score (nSPS) is 17.3. The van der Waals surface area contributed by atoms with Crippen molar-refractivity contribution < 1.29 is 9.18 Å². The van der Waals surface area contributed by atoms with Gasteiger partial charge in [0.25, 0.3) is 0 Å². The molecule has 27 heavy (non-hydrogen) atoms. The number of hydrogen-bond donors (Lipinski definition) is 1. The first-order chi connectivity index (χ1) is 13.1. The van der Waals surface area contributed by atoms with Gasteiger partial charge in [-0.3, -0.25) is 0 Å². The van der Waals surface area contributed by atoms with Gasteiger partial charge in [-0.05, 0) is 53.6 Å². The number of thiophene rings is 1. The average Bonchev–Trinajstić information content (AvgIpc) is 3.17. The van der Waals surface area contributed by atoms with Crippen molar-refractivity contribution in [1.82, 2.24) is 10.2 Å². The van der Waals surface area contributed by atoms with Gasteiger partial charge in [0.05, 0.1) is 12.1 Å². The van der Waals surface area contributed by atoms with E-state index in [0.717, 1.165) is 17.5 Å². The molecule has 0 saturated carbocycles. The van der Waals surface area contributed by atoms with Crippen LogP contribution in [-0.2, 0) is 6.42 Å². The summed E-state index contributed by atoms with van der Waals surface area (Å²) in [7, 11) is 0. The molecule has 1 aliphatic rings. The van der Waals surface area contributed by atoms with Crippen LogP contribution in [0, 0.1) is 5.82 Å². The van der Waals surface area contributed by atoms with Gasteiger partial charge in [-0.25, -0.2) is 9.18 Å². The highest BCUT2D eigenvalue weighted by molar-refractivity contribution is 7.10. The number of rotatable bonds is 3. The molecule has 2 aromatic carbocycles. The first kappa shape index (κ1) is 17.7. The van der Waals surface area contributed by atoms with E-state index in [1.807, 2.05) is 30.0 Å². The lowest BCUT2D eigenvalue weighted by Gasteiger charge is -2.37. The third-order valence-electron chi connectivity index (χ3n) is 5.05. The van der Waals surface area contributed by atoms with Crippen molar-refractivity contribution in [1.29, 1.82) is 0 Å². The van der Waals surface area contributed by atoms with Crippen molar-refractivity contribution in [2.75, 3.05) is 6.54 Å². The van der Waals surface area contributed by atoms with Crippen LogP contribution in [0.5, 0.6) is 0 Å². The van der Waals surface area contributed by atoms with E-state index in [-0.39, 0.29) is 23.9 Å². The van der Waals surface area contributed by atoms with E-state index in [0.29, 0.717) is 6.54 Å². The van der Waals surface area contributed by atoms with Crippen LogP contribution in [0.25, 0.3) is 0 Å². The van der Waals surface area contributed by atoms with Crippen LogP contribution in [0.15, 0.2) is 66.0 Å². The topological polar surface area (TPSA) is 32.3 Å². The molecule has 1 aliphatic heterocycles. The number of fused-ring (bicyclic) bond motifs is 1. The molecule has 4 rings (SSSR count). The largest absolute Gasteiger partial charge is 0.331 e. The van der Waals surface area contributed by atoms with Crippen LogP contribution in [0.1, 0.15) is 40.6 Å². The summed E-state index contributed by atoms with van der Waals surface area (Å²) in [6.45, 7) is 2.59. The molecule has 3 nitrogen and oxygen atoms in total. The number of nitrogens with zero attached hydrogens (tertiary/aromatic N) is 1. The van der Waals surface area contributed by atoms with Gasteiger partial charge in [-0.2, -0.15) is 0 Å². The van der Waals surface area contributed by atoms with E-state index < -0.39 is 0 Å². The number of carbonyl (C=O) groups excluding carboxylic acids is 1. The summed E-state index contributed by atoms with van der Waals surface area (Å²) >= 11 is 1.76. The highest BCUT2D eigenvalue weighted by Crippen LogP contribution is 2.37. The fourth-order valence-electron chi connectivity index (χ4n) is 3.63. The van der Waals surface area contributed by atoms with Gasteiger partial charge in [0.1, 0.15) is 5.82 Å². The quantitative estimate of drug-likeness (QED) is 0.656. The van der Waals surface area contributed by atoms with Crippen LogP contribution in [0.3, 0.4) is 0 Å². The molecule has 0 bridgehead atoms. The maximum Gasteiger partial charge on any atom is 0.318 e. The minimum Gasteiger partial charge on any atom is -0.331 e. The number of benzene rings is 2. The predicted octanol–water partition coefficient (Wildman–Crippen LogP) is 5.31. The van der Waals surface area contributed by atoms with E-state index in [2.05, 4.69) is 28.9 Å². The second kappa shape index (κ2) is 7.53. The Hall–Kier alpha value is -2.66. The standard InChI is InChI=1S/C22H21FN2OS/c1-15(16-7-9-18(23)10-8-16)24-22(26)25-13-11-20-19(12-14-27-20)21(25)17-5-3-2-4-6-17/h2-10,12,14-15,21H,11,13H2,1H3,(H,24,26)/t15-,21-/m0/s1. The lowest BCUT2D eigenvalue weighted by Crippen LogP contribution is -2.46. The van der Waals surface area contributed by atoms with Crippen molar-refractivity contribution in [3.63, 3.8) is 0 Å². The molecule has 2 heterocycles. The molecule has 0 fully saturated rings. The summed E-state index contributed by atoms with van der Waals surface area (Å²) in [5, 5.41) is 5.18. The summed E-state index contributed by atoms with van der Waals surface area (Å²) in [5.41, 5.74) is 3.21. The molecule has 0 saturated heterocycles. The molecule has 0 aliphatic carbocycles. The summed E-state index contributed by atoms with van der Waals surface area (Å²) in [6, 6.07) is 18.2. The molecular formula is C22H21FN2OS. The van der Waals surface area contributed by atoms with E-state index in [4.69, 9.17) is 0 Å². The highest BCUT2D eigenvalue weighted by atomic mass is 32.1. The zero-order valence-corrected chi connectivity index (χ0v) is 15.9. The summed E-state index contributed by atoms with van der Waals surface area (Å²) < 4.78 is 13.2. The summed E-state index contributed by atoms with van der Waals surface area (Å²) in [6.07, 6.45) is 0.870. The zero-order valence-electron chi connectivity index (χ0n) is 15.1. The third-order valence-corrected chi connectivity index (χ3v) is 6.05. The van der Waals surface area contributed by atoms with Crippen molar-refractivity contribution in [3.05, 3.63) is 93.4 Å². The molecular weight excluding hydrogens is 359 g/mol. The van der Waals surface area contributed by atoms with Gasteiger partial charge in [0, 0.05) is 11.4 Å². The Balaban J connectivity index is 1.59. The maximum atomic E-state index is 13.2. The molecule has 5 heteroatoms. The maximum absolute atomic E-state index is 13.2. The van der Waals surface area contributed by atoms with Gasteiger partial charge in [-0.1, -0.05) is 42.5 Å². The average molecular weight is 380 g/mol. The van der Waals surface area contributed by atoms with Crippen molar-refractivity contribution in [2.24, 2.45) is 0 Å². The molecule has 3 aromatic rings. The number of hydrogen-bond acceptors (Lipinski definition) is 2. The van der Waals surface area contributed by atoms with Crippen molar-refractivity contribution in [3.8, 4) is 0 Å². The SMILES string of the molecule is C[C@H](NC(=O)N1CCc2sccc2[C@@H]1c1ccccc1)c1ccc(F)cc1. The second-order valence-electron chi connectivity index (χ2n) is 6.78. The van der Waals surface area contributed by atoms with Crippen LogP contribution in [0.2, 0.25) is 0 Å². The zero-order chi connectivity index (χ0) is 18.8. The van der Waals surface area contributed by atoms with Crippen LogP contribution in [0.4, 0.5) is 9.18 Å². The van der Waals surface area contributed by atoms with Crippen molar-refractivity contribution in [2.45, 2.75) is 25.4 Å². The summed E-state index contributed by atoms with van der Waals surface area (Å²) in [5.74, 6) is -0.276. The minimum absolute atomic E-state index is 0.0818. The Morgan fingerprint density at radius 1 is 1.15 bits per heavy atom. The Bertz CT molecular complexity index is 923. The van der Waals surface area contributed by atoms with E-state index in [1.165, 1.54) is 22.6 Å². The molecule has 138 valence electrons. The van der Waals surface area contributed by atoms with Crippen LogP contribution in [-0.4, -0.2) is 17.5 Å². The monoisotopic (exact) mass is 380 g/mol. The van der Waals surface area contributed by atoms with Crippen LogP contribution < -0.4 is 5.32 Å². The molecule has 0 unspecified atom stereocenters. The van der Waals surface area contributed by atoms with Crippen molar-refractivity contribution >= 4 is 17.4 Å². The number of carbonyl (C=O) groups is 1. The Morgan fingerprint density at radius 2 is 1.89 bits per heavy atom. The molecule has 0 radical (unpaired) electrons. The first-order valence-electron chi connectivity index (χ1n) is 9.07. The van der Waals surface area contributed by atoms with Gasteiger partial charge in [-0.15, -0.1) is 11.3 Å². The predicted molar refractivity (Wildman–Crippen MR) is 106 cm³/mol. The van der Waals surface area contributed by atoms with Crippen LogP contribution >= 0.6 is 11.3 Å². The van der Waals surface area contributed by atoms with E-state index in [9.17, 15) is 9.18 Å². The number of urea groups is 1. The minimum atomic E-state index is -0.276. The van der Waals surface area contributed by atoms with Gasteiger partial charge >= 0.3 is 6.03 Å². The fraction of sp³-hybridized carbons (Fsp3) is 0.227. The van der Waals surface area contributed by atoms with Gasteiger partial charge in [0.15, 0.2) is 0 Å². The smallest absolute Gasteiger partial charge is 0.318 e. The Kier molecular flexibility index (Phi) is 4.94. The summed E-state index contributed by atoms with van der Waals surface area (Å²) in [4.78, 5) is 16.4. The first-order valence-corrected chi connectivity index (χ1v) is 9.95.